The third kappa shape index (κ3) is 4.28. The average molecular weight is 294 g/mol. The number of aromatic nitrogens is 2. The van der Waals surface area contributed by atoms with E-state index in [0.29, 0.717) is 6.04 Å². The molecule has 20 heavy (non-hydrogen) atoms. The minimum atomic E-state index is 0.0290. The zero-order chi connectivity index (χ0) is 14.8. The first-order chi connectivity index (χ1) is 9.34. The molecule has 0 radical (unpaired) electrons. The molecule has 0 unspecified atom stereocenters. The molecule has 0 aliphatic carbocycles. The quantitative estimate of drug-likeness (QED) is 0.865. The molecule has 0 aromatic carbocycles. The van der Waals surface area contributed by atoms with Crippen molar-refractivity contribution < 1.29 is 0 Å². The fourth-order valence-electron chi connectivity index (χ4n) is 2.38. The summed E-state index contributed by atoms with van der Waals surface area (Å²) < 4.78 is 4.45. The van der Waals surface area contributed by atoms with E-state index >= 15 is 0 Å². The van der Waals surface area contributed by atoms with Gasteiger partial charge in [-0.3, -0.25) is 4.90 Å². The maximum atomic E-state index is 4.61. The normalized spacial score (nSPS) is 18.2. The van der Waals surface area contributed by atoms with Crippen LogP contribution in [0, 0.1) is 0 Å². The van der Waals surface area contributed by atoms with Gasteiger partial charge < -0.3 is 5.32 Å². The van der Waals surface area contributed by atoms with E-state index in [1.807, 2.05) is 0 Å². The highest BCUT2D eigenvalue weighted by atomic mass is 32.1. The van der Waals surface area contributed by atoms with E-state index in [-0.39, 0.29) is 5.41 Å². The fourth-order valence-corrected chi connectivity index (χ4v) is 3.21. The lowest BCUT2D eigenvalue weighted by atomic mass is 9.96. The Morgan fingerprint density at radius 1 is 1.40 bits per heavy atom. The van der Waals surface area contributed by atoms with E-state index in [0.717, 1.165) is 43.4 Å². The number of piperidine rings is 1. The lowest BCUT2D eigenvalue weighted by Gasteiger charge is -2.32. The number of anilines is 1. The minimum absolute atomic E-state index is 0.0290. The number of nitrogens with one attached hydrogen (secondary N) is 1. The third-order valence-electron chi connectivity index (χ3n) is 3.51. The summed E-state index contributed by atoms with van der Waals surface area (Å²) in [5.41, 5.74) is 1.27. The van der Waals surface area contributed by atoms with Crippen molar-refractivity contribution in [3.63, 3.8) is 0 Å². The van der Waals surface area contributed by atoms with Gasteiger partial charge in [-0.05, 0) is 19.8 Å². The molecule has 0 atom stereocenters. The predicted octanol–water partition coefficient (Wildman–Crippen LogP) is 3.29. The predicted molar refractivity (Wildman–Crippen MR) is 86.5 cm³/mol. The Morgan fingerprint density at radius 3 is 2.55 bits per heavy atom. The molecule has 0 saturated carbocycles. The summed E-state index contributed by atoms with van der Waals surface area (Å²) in [5, 5.41) is 4.51. The van der Waals surface area contributed by atoms with Gasteiger partial charge in [0.1, 0.15) is 5.82 Å². The second-order valence-electron chi connectivity index (χ2n) is 6.83. The summed E-state index contributed by atoms with van der Waals surface area (Å²) >= 11 is 1.48. The van der Waals surface area contributed by atoms with Crippen LogP contribution in [0.1, 0.15) is 46.4 Å². The van der Waals surface area contributed by atoms with Gasteiger partial charge in [0.15, 0.2) is 0 Å². The summed E-state index contributed by atoms with van der Waals surface area (Å²) in [6, 6.07) is 0.525. The van der Waals surface area contributed by atoms with E-state index < -0.39 is 0 Å². The zero-order valence-corrected chi connectivity index (χ0v) is 13.9. The van der Waals surface area contributed by atoms with E-state index in [2.05, 4.69) is 53.8 Å². The van der Waals surface area contributed by atoms with Gasteiger partial charge in [-0.25, -0.2) is 4.98 Å². The Labute approximate surface area is 126 Å². The molecule has 2 heterocycles. The molecule has 1 N–H and O–H groups in total. The summed E-state index contributed by atoms with van der Waals surface area (Å²) in [6.45, 7) is 15.8. The molecule has 1 aliphatic rings. The van der Waals surface area contributed by atoms with Gasteiger partial charge in [0.05, 0.1) is 0 Å². The maximum absolute atomic E-state index is 4.61. The lowest BCUT2D eigenvalue weighted by Crippen LogP contribution is -2.39. The minimum Gasteiger partial charge on any atom is -0.357 e. The summed E-state index contributed by atoms with van der Waals surface area (Å²) in [6.07, 6.45) is 2.33. The fraction of sp³-hybridized carbons (Fsp3) is 0.733. The molecule has 1 saturated heterocycles. The number of hydrogen-bond donors (Lipinski definition) is 1. The summed E-state index contributed by atoms with van der Waals surface area (Å²) in [4.78, 5) is 7.09. The number of hydrogen-bond acceptors (Lipinski definition) is 5. The van der Waals surface area contributed by atoms with Crippen LogP contribution in [-0.4, -0.2) is 39.9 Å². The lowest BCUT2D eigenvalue weighted by molar-refractivity contribution is 0.236. The van der Waals surface area contributed by atoms with Crippen LogP contribution < -0.4 is 5.32 Å². The van der Waals surface area contributed by atoms with Gasteiger partial charge in [0.25, 0.3) is 0 Å². The van der Waals surface area contributed by atoms with Crippen LogP contribution in [0.15, 0.2) is 12.2 Å². The molecular weight excluding hydrogens is 268 g/mol. The molecule has 5 heteroatoms. The first kappa shape index (κ1) is 15.4. The van der Waals surface area contributed by atoms with Crippen LogP contribution in [0.2, 0.25) is 0 Å². The van der Waals surface area contributed by atoms with Crippen LogP contribution in [0.3, 0.4) is 0 Å². The standard InChI is InChI=1S/C15H26N4S/c1-11(2)10-19-8-6-12(7-9-19)16-14-17-13(18-20-14)15(3,4)5/h12H,1,6-10H2,2-5H3,(H,16,17,18). The van der Waals surface area contributed by atoms with Crippen molar-refractivity contribution in [1.82, 2.24) is 14.3 Å². The van der Waals surface area contributed by atoms with E-state index in [4.69, 9.17) is 0 Å². The van der Waals surface area contributed by atoms with Crippen LogP contribution in [0.4, 0.5) is 5.13 Å². The average Bonchev–Trinajstić information content (AvgIpc) is 2.79. The molecule has 4 nitrogen and oxygen atoms in total. The zero-order valence-electron chi connectivity index (χ0n) is 13.1. The molecule has 1 aliphatic heterocycles. The maximum Gasteiger partial charge on any atom is 0.202 e. The monoisotopic (exact) mass is 294 g/mol. The Kier molecular flexibility index (Phi) is 4.81. The molecular formula is C15H26N4S. The van der Waals surface area contributed by atoms with Crippen LogP contribution in [0.5, 0.6) is 0 Å². The van der Waals surface area contributed by atoms with E-state index in [1.54, 1.807) is 0 Å². The van der Waals surface area contributed by atoms with Crippen molar-refractivity contribution in [2.45, 2.75) is 52.0 Å². The summed E-state index contributed by atoms with van der Waals surface area (Å²) in [7, 11) is 0. The second-order valence-corrected chi connectivity index (χ2v) is 7.58. The third-order valence-corrected chi connectivity index (χ3v) is 4.15. The molecule has 0 spiro atoms. The van der Waals surface area contributed by atoms with Gasteiger partial charge >= 0.3 is 0 Å². The molecule has 0 amide bonds. The van der Waals surface area contributed by atoms with Crippen molar-refractivity contribution in [2.75, 3.05) is 25.0 Å². The SMILES string of the molecule is C=C(C)CN1CCC(Nc2nc(C(C)(C)C)ns2)CC1. The smallest absolute Gasteiger partial charge is 0.202 e. The van der Waals surface area contributed by atoms with E-state index in [9.17, 15) is 0 Å². The largest absolute Gasteiger partial charge is 0.357 e. The van der Waals surface area contributed by atoms with Crippen LogP contribution in [-0.2, 0) is 5.41 Å². The highest BCUT2D eigenvalue weighted by molar-refractivity contribution is 7.09. The van der Waals surface area contributed by atoms with Gasteiger partial charge in [-0.2, -0.15) is 4.37 Å². The molecule has 1 aromatic rings. The molecule has 2 rings (SSSR count). The van der Waals surface area contributed by atoms with Crippen molar-refractivity contribution in [3.05, 3.63) is 18.0 Å². The van der Waals surface area contributed by atoms with Crippen molar-refractivity contribution in [2.24, 2.45) is 0 Å². The Balaban J connectivity index is 1.84. The van der Waals surface area contributed by atoms with Gasteiger partial charge in [-0.1, -0.05) is 32.9 Å². The Morgan fingerprint density at radius 2 is 2.05 bits per heavy atom. The van der Waals surface area contributed by atoms with Crippen molar-refractivity contribution in [1.29, 1.82) is 0 Å². The van der Waals surface area contributed by atoms with Crippen molar-refractivity contribution >= 4 is 16.7 Å². The van der Waals surface area contributed by atoms with Gasteiger partial charge in [0.2, 0.25) is 5.13 Å². The number of rotatable bonds is 4. The van der Waals surface area contributed by atoms with Gasteiger partial charge in [-0.15, -0.1) is 0 Å². The second kappa shape index (κ2) is 6.22. The van der Waals surface area contributed by atoms with Crippen LogP contribution in [0.25, 0.3) is 0 Å². The van der Waals surface area contributed by atoms with Crippen LogP contribution >= 0.6 is 11.5 Å². The summed E-state index contributed by atoms with van der Waals surface area (Å²) in [5.74, 6) is 0.935. The van der Waals surface area contributed by atoms with Crippen molar-refractivity contribution in [3.8, 4) is 0 Å². The highest BCUT2D eigenvalue weighted by Crippen LogP contribution is 2.24. The first-order valence-electron chi connectivity index (χ1n) is 7.32. The number of nitrogens with zero attached hydrogens (tertiary/aromatic N) is 3. The van der Waals surface area contributed by atoms with Gasteiger partial charge in [0, 0.05) is 42.6 Å². The molecule has 1 aromatic heterocycles. The molecule has 0 bridgehead atoms. The topological polar surface area (TPSA) is 41.0 Å². The molecule has 1 fully saturated rings. The Hall–Kier alpha value is -0.940. The Bertz CT molecular complexity index is 453. The van der Waals surface area contributed by atoms with E-state index in [1.165, 1.54) is 17.1 Å². The molecule has 112 valence electrons. The number of likely N-dealkylation sites (tertiary alicyclic amines) is 1. The first-order valence-corrected chi connectivity index (χ1v) is 8.09. The highest BCUT2D eigenvalue weighted by Gasteiger charge is 2.22.